The van der Waals surface area contributed by atoms with E-state index < -0.39 is 0 Å². The molecule has 0 saturated heterocycles. The van der Waals surface area contributed by atoms with E-state index in [1.165, 1.54) is 0 Å². The van der Waals surface area contributed by atoms with Gasteiger partial charge in [0.05, 0.1) is 6.67 Å². The van der Waals surface area contributed by atoms with Crippen molar-refractivity contribution in [2.24, 2.45) is 5.92 Å². The molecule has 0 aliphatic carbocycles. The molecule has 1 heteroatoms. The average Bonchev–Trinajstić information content (AvgIpc) is 1.88. The third-order valence-corrected chi connectivity index (χ3v) is 1.42. The van der Waals surface area contributed by atoms with Crippen molar-refractivity contribution in [1.82, 2.24) is 0 Å². The third kappa shape index (κ3) is 4.19. The SMILES string of the molecule is C=CCC(CF)CCC. The summed E-state index contributed by atoms with van der Waals surface area (Å²) in [5.41, 5.74) is 0. The van der Waals surface area contributed by atoms with Gasteiger partial charge in [0.15, 0.2) is 0 Å². The van der Waals surface area contributed by atoms with Crippen LogP contribution in [0.1, 0.15) is 26.2 Å². The quantitative estimate of drug-likeness (QED) is 0.502. The zero-order valence-corrected chi connectivity index (χ0v) is 6.07. The maximum absolute atomic E-state index is 12.0. The minimum absolute atomic E-state index is 0.195. The fraction of sp³-hybridized carbons (Fsp3) is 0.750. The average molecular weight is 130 g/mol. The van der Waals surface area contributed by atoms with Gasteiger partial charge in [0.25, 0.3) is 0 Å². The number of halogens is 1. The molecule has 0 aromatic rings. The summed E-state index contributed by atoms with van der Waals surface area (Å²) in [6.07, 6.45) is 4.68. The molecule has 0 rings (SSSR count). The number of alkyl halides is 1. The molecule has 0 bridgehead atoms. The summed E-state index contributed by atoms with van der Waals surface area (Å²) in [7, 11) is 0. The monoisotopic (exact) mass is 130 g/mol. The van der Waals surface area contributed by atoms with Gasteiger partial charge >= 0.3 is 0 Å². The van der Waals surface area contributed by atoms with E-state index in [9.17, 15) is 4.39 Å². The molecule has 0 saturated carbocycles. The molecule has 0 amide bonds. The summed E-state index contributed by atoms with van der Waals surface area (Å²) < 4.78 is 12.0. The molecular formula is C8H15F. The lowest BCUT2D eigenvalue weighted by Crippen LogP contribution is -1.99. The van der Waals surface area contributed by atoms with Crippen LogP contribution in [0.25, 0.3) is 0 Å². The van der Waals surface area contributed by atoms with Crippen molar-refractivity contribution in [2.45, 2.75) is 26.2 Å². The molecule has 54 valence electrons. The second-order valence-corrected chi connectivity index (χ2v) is 2.33. The van der Waals surface area contributed by atoms with E-state index in [4.69, 9.17) is 0 Å². The van der Waals surface area contributed by atoms with Crippen LogP contribution in [0.2, 0.25) is 0 Å². The van der Waals surface area contributed by atoms with Gasteiger partial charge in [-0.1, -0.05) is 19.4 Å². The summed E-state index contributed by atoms with van der Waals surface area (Å²) in [6.45, 7) is 5.44. The normalized spacial score (nSPS) is 13.1. The Morgan fingerprint density at radius 2 is 2.33 bits per heavy atom. The van der Waals surface area contributed by atoms with Crippen molar-refractivity contribution in [1.29, 1.82) is 0 Å². The predicted molar refractivity (Wildman–Crippen MR) is 39.2 cm³/mol. The van der Waals surface area contributed by atoms with Gasteiger partial charge in [0, 0.05) is 0 Å². The lowest BCUT2D eigenvalue weighted by molar-refractivity contribution is 0.344. The lowest BCUT2D eigenvalue weighted by Gasteiger charge is -2.06. The molecular weight excluding hydrogens is 115 g/mol. The Morgan fingerprint density at radius 1 is 1.67 bits per heavy atom. The van der Waals surface area contributed by atoms with Crippen LogP contribution in [0.4, 0.5) is 4.39 Å². The zero-order chi connectivity index (χ0) is 7.11. The first kappa shape index (κ1) is 8.67. The van der Waals surface area contributed by atoms with Gasteiger partial charge in [0.1, 0.15) is 0 Å². The fourth-order valence-corrected chi connectivity index (χ4v) is 0.902. The zero-order valence-electron chi connectivity index (χ0n) is 6.07. The van der Waals surface area contributed by atoms with E-state index in [1.54, 1.807) is 6.08 Å². The lowest BCUT2D eigenvalue weighted by atomic mass is 10.0. The van der Waals surface area contributed by atoms with Crippen LogP contribution in [0.3, 0.4) is 0 Å². The van der Waals surface area contributed by atoms with Crippen LogP contribution < -0.4 is 0 Å². The van der Waals surface area contributed by atoms with Gasteiger partial charge < -0.3 is 0 Å². The summed E-state index contributed by atoms with van der Waals surface area (Å²) in [6, 6.07) is 0. The molecule has 0 aliphatic heterocycles. The Morgan fingerprint density at radius 3 is 2.67 bits per heavy atom. The Bertz CT molecular complexity index is 69.0. The van der Waals surface area contributed by atoms with Gasteiger partial charge in [-0.2, -0.15) is 0 Å². The molecule has 0 N–H and O–H groups in total. The van der Waals surface area contributed by atoms with Crippen molar-refractivity contribution in [3.8, 4) is 0 Å². The molecule has 0 aromatic carbocycles. The molecule has 0 radical (unpaired) electrons. The first-order valence-corrected chi connectivity index (χ1v) is 3.52. The van der Waals surface area contributed by atoms with E-state index in [0.717, 1.165) is 19.3 Å². The van der Waals surface area contributed by atoms with Gasteiger partial charge in [0.2, 0.25) is 0 Å². The Kier molecular flexibility index (Phi) is 5.59. The fourth-order valence-electron chi connectivity index (χ4n) is 0.902. The van der Waals surface area contributed by atoms with Crippen molar-refractivity contribution < 1.29 is 4.39 Å². The first-order chi connectivity index (χ1) is 4.35. The highest BCUT2D eigenvalue weighted by molar-refractivity contribution is 4.72. The maximum atomic E-state index is 12.0. The number of rotatable bonds is 5. The standard InChI is InChI=1S/C8H15F/c1-3-5-8(7-9)6-4-2/h3,8H,1,4-7H2,2H3. The summed E-state index contributed by atoms with van der Waals surface area (Å²) in [4.78, 5) is 0. The van der Waals surface area contributed by atoms with Crippen molar-refractivity contribution in [2.75, 3.05) is 6.67 Å². The molecule has 0 aromatic heterocycles. The summed E-state index contributed by atoms with van der Waals surface area (Å²) in [5.74, 6) is 0.229. The minimum Gasteiger partial charge on any atom is -0.251 e. The molecule has 1 atom stereocenters. The van der Waals surface area contributed by atoms with E-state index in [1.807, 2.05) is 0 Å². The third-order valence-electron chi connectivity index (χ3n) is 1.42. The Balaban J connectivity index is 3.28. The van der Waals surface area contributed by atoms with Crippen LogP contribution in [0.15, 0.2) is 12.7 Å². The topological polar surface area (TPSA) is 0 Å². The smallest absolute Gasteiger partial charge is 0.0925 e. The predicted octanol–water partition coefficient (Wildman–Crippen LogP) is 2.95. The van der Waals surface area contributed by atoms with E-state index in [0.29, 0.717) is 0 Å². The van der Waals surface area contributed by atoms with Crippen LogP contribution in [-0.4, -0.2) is 6.67 Å². The maximum Gasteiger partial charge on any atom is 0.0925 e. The van der Waals surface area contributed by atoms with Crippen LogP contribution in [0, 0.1) is 5.92 Å². The number of hydrogen-bond acceptors (Lipinski definition) is 0. The first-order valence-electron chi connectivity index (χ1n) is 3.52. The van der Waals surface area contributed by atoms with Gasteiger partial charge in [-0.05, 0) is 18.8 Å². The molecule has 9 heavy (non-hydrogen) atoms. The van der Waals surface area contributed by atoms with Crippen LogP contribution >= 0.6 is 0 Å². The van der Waals surface area contributed by atoms with Crippen molar-refractivity contribution in [3.05, 3.63) is 12.7 Å². The highest BCUT2D eigenvalue weighted by Gasteiger charge is 2.02. The van der Waals surface area contributed by atoms with E-state index >= 15 is 0 Å². The van der Waals surface area contributed by atoms with E-state index in [2.05, 4.69) is 13.5 Å². The molecule has 0 aliphatic rings. The minimum atomic E-state index is -0.195. The molecule has 0 nitrogen and oxygen atoms in total. The highest BCUT2D eigenvalue weighted by Crippen LogP contribution is 2.11. The highest BCUT2D eigenvalue weighted by atomic mass is 19.1. The number of hydrogen-bond donors (Lipinski definition) is 0. The van der Waals surface area contributed by atoms with E-state index in [-0.39, 0.29) is 12.6 Å². The second-order valence-electron chi connectivity index (χ2n) is 2.33. The van der Waals surface area contributed by atoms with Crippen molar-refractivity contribution >= 4 is 0 Å². The number of allylic oxidation sites excluding steroid dienone is 1. The molecule has 0 heterocycles. The van der Waals surface area contributed by atoms with Crippen LogP contribution in [0.5, 0.6) is 0 Å². The summed E-state index contributed by atoms with van der Waals surface area (Å²) >= 11 is 0. The second kappa shape index (κ2) is 5.80. The van der Waals surface area contributed by atoms with Gasteiger partial charge in [-0.3, -0.25) is 4.39 Å². The molecule has 1 unspecified atom stereocenters. The molecule has 0 spiro atoms. The van der Waals surface area contributed by atoms with Gasteiger partial charge in [-0.25, -0.2) is 0 Å². The largest absolute Gasteiger partial charge is 0.251 e. The Labute approximate surface area is 56.8 Å². The van der Waals surface area contributed by atoms with Gasteiger partial charge in [-0.15, -0.1) is 6.58 Å². The molecule has 0 fully saturated rings. The van der Waals surface area contributed by atoms with Crippen molar-refractivity contribution in [3.63, 3.8) is 0 Å². The Hall–Kier alpha value is -0.330. The summed E-state index contributed by atoms with van der Waals surface area (Å²) in [5, 5.41) is 0. The van der Waals surface area contributed by atoms with Crippen LogP contribution in [-0.2, 0) is 0 Å².